The second kappa shape index (κ2) is 8.44. The molecule has 3 atom stereocenters. The molecule has 2 aliphatic heterocycles. The molecular weight excluding hydrogens is 380 g/mol. The Morgan fingerprint density at radius 3 is 2.72 bits per heavy atom. The van der Waals surface area contributed by atoms with Crippen LogP contribution >= 0.6 is 12.2 Å². The normalized spacial score (nSPS) is 28.1. The summed E-state index contributed by atoms with van der Waals surface area (Å²) in [4.78, 5) is 7.03. The maximum Gasteiger partial charge on any atom is 0.170 e. The largest absolute Gasteiger partial charge is 0.376 e. The van der Waals surface area contributed by atoms with Crippen molar-refractivity contribution in [3.63, 3.8) is 0 Å². The zero-order chi connectivity index (χ0) is 19.6. The molecule has 0 unspecified atom stereocenters. The lowest BCUT2D eigenvalue weighted by Gasteiger charge is -2.33. The second-order valence-electron chi connectivity index (χ2n) is 8.55. The van der Waals surface area contributed by atoms with Gasteiger partial charge in [0, 0.05) is 37.3 Å². The maximum atomic E-state index is 5.96. The molecule has 5 nitrogen and oxygen atoms in total. The van der Waals surface area contributed by atoms with Crippen molar-refractivity contribution in [1.82, 2.24) is 19.8 Å². The zero-order valence-electron chi connectivity index (χ0n) is 16.9. The summed E-state index contributed by atoms with van der Waals surface area (Å²) >= 11 is 5.83. The van der Waals surface area contributed by atoms with Crippen LogP contribution in [0.15, 0.2) is 42.7 Å². The van der Waals surface area contributed by atoms with E-state index in [1.807, 2.05) is 12.3 Å². The Labute approximate surface area is 178 Å². The third-order valence-corrected chi connectivity index (χ3v) is 7.06. The van der Waals surface area contributed by atoms with E-state index in [0.717, 1.165) is 36.8 Å². The standard InChI is InChI=1S/C23H30N4OS/c29-23-25-21(19-11-4-5-13-24-19)22(27(23)16-18-10-7-15-28-18)20-12-6-14-26(20)17-8-2-1-3-9-17/h4-6,11-14,17-18,21-22H,1-3,7-10,15-16H2,(H,25,29)/t18-,21-,22+/m1/s1. The quantitative estimate of drug-likeness (QED) is 0.733. The predicted octanol–water partition coefficient (Wildman–Crippen LogP) is 4.54. The summed E-state index contributed by atoms with van der Waals surface area (Å²) < 4.78 is 8.49. The molecular formula is C23H30N4OS. The summed E-state index contributed by atoms with van der Waals surface area (Å²) in [5, 5.41) is 4.41. The van der Waals surface area contributed by atoms with Crippen LogP contribution in [0.5, 0.6) is 0 Å². The Morgan fingerprint density at radius 2 is 1.97 bits per heavy atom. The van der Waals surface area contributed by atoms with Crippen molar-refractivity contribution in [1.29, 1.82) is 0 Å². The van der Waals surface area contributed by atoms with E-state index in [1.165, 1.54) is 37.8 Å². The van der Waals surface area contributed by atoms with Crippen LogP contribution < -0.4 is 5.32 Å². The van der Waals surface area contributed by atoms with Gasteiger partial charge in [-0.15, -0.1) is 0 Å². The average molecular weight is 411 g/mol. The van der Waals surface area contributed by atoms with Crippen LogP contribution in [-0.2, 0) is 4.74 Å². The van der Waals surface area contributed by atoms with E-state index in [-0.39, 0.29) is 18.2 Å². The third-order valence-electron chi connectivity index (χ3n) is 6.71. The van der Waals surface area contributed by atoms with Crippen molar-refractivity contribution in [2.45, 2.75) is 69.2 Å². The molecule has 3 aliphatic rings. The van der Waals surface area contributed by atoms with Crippen LogP contribution in [-0.4, -0.2) is 38.8 Å². The predicted molar refractivity (Wildman–Crippen MR) is 118 cm³/mol. The molecule has 2 aromatic rings. The molecule has 1 aliphatic carbocycles. The van der Waals surface area contributed by atoms with Gasteiger partial charge in [-0.05, 0) is 62.2 Å². The van der Waals surface area contributed by atoms with Crippen molar-refractivity contribution >= 4 is 17.3 Å². The Balaban J connectivity index is 1.51. The Hall–Kier alpha value is -1.92. The number of hydrogen-bond donors (Lipinski definition) is 1. The molecule has 1 N–H and O–H groups in total. The van der Waals surface area contributed by atoms with Gasteiger partial charge in [0.2, 0.25) is 0 Å². The number of nitrogens with one attached hydrogen (secondary N) is 1. The molecule has 4 heterocycles. The van der Waals surface area contributed by atoms with E-state index < -0.39 is 0 Å². The second-order valence-corrected chi connectivity index (χ2v) is 8.93. The van der Waals surface area contributed by atoms with Gasteiger partial charge >= 0.3 is 0 Å². The smallest absolute Gasteiger partial charge is 0.170 e. The number of rotatable bonds is 5. The van der Waals surface area contributed by atoms with E-state index in [4.69, 9.17) is 17.0 Å². The van der Waals surface area contributed by atoms with Crippen molar-refractivity contribution in [2.24, 2.45) is 0 Å². The lowest BCUT2D eigenvalue weighted by atomic mass is 9.94. The Bertz CT molecular complexity index is 826. The molecule has 0 aromatic carbocycles. The molecule has 2 saturated heterocycles. The van der Waals surface area contributed by atoms with Crippen molar-refractivity contribution in [3.8, 4) is 0 Å². The van der Waals surface area contributed by atoms with E-state index in [2.05, 4.69) is 50.2 Å². The molecule has 2 aromatic heterocycles. The highest BCUT2D eigenvalue weighted by atomic mass is 32.1. The molecule has 0 spiro atoms. The molecule has 0 bridgehead atoms. The first-order valence-corrected chi connectivity index (χ1v) is 11.5. The van der Waals surface area contributed by atoms with Gasteiger partial charge in [0.15, 0.2) is 5.11 Å². The van der Waals surface area contributed by atoms with E-state index in [1.54, 1.807) is 0 Å². The first-order chi connectivity index (χ1) is 14.3. The number of aromatic nitrogens is 2. The van der Waals surface area contributed by atoms with Gasteiger partial charge in [0.05, 0.1) is 23.9 Å². The molecule has 3 fully saturated rings. The Kier molecular flexibility index (Phi) is 5.55. The van der Waals surface area contributed by atoms with E-state index in [0.29, 0.717) is 6.04 Å². The number of hydrogen-bond acceptors (Lipinski definition) is 3. The third kappa shape index (κ3) is 3.80. The number of ether oxygens (including phenoxy) is 1. The number of pyridine rings is 1. The van der Waals surface area contributed by atoms with Crippen LogP contribution in [0.1, 0.15) is 74.5 Å². The highest BCUT2D eigenvalue weighted by Crippen LogP contribution is 2.41. The van der Waals surface area contributed by atoms with Gasteiger partial charge < -0.3 is 19.5 Å². The highest BCUT2D eigenvalue weighted by Gasteiger charge is 2.42. The fourth-order valence-corrected chi connectivity index (χ4v) is 5.60. The lowest BCUT2D eigenvalue weighted by molar-refractivity contribution is 0.0831. The van der Waals surface area contributed by atoms with Gasteiger partial charge in [-0.3, -0.25) is 4.98 Å². The van der Waals surface area contributed by atoms with Gasteiger partial charge in [-0.25, -0.2) is 0 Å². The SMILES string of the molecule is S=C1N[C@H](c2ccccn2)[C@H](c2cccn2C2CCCCC2)N1C[C@H]1CCCO1. The van der Waals surface area contributed by atoms with Crippen LogP contribution in [0.25, 0.3) is 0 Å². The summed E-state index contributed by atoms with van der Waals surface area (Å²) in [6.45, 7) is 1.71. The zero-order valence-corrected chi connectivity index (χ0v) is 17.7. The van der Waals surface area contributed by atoms with Crippen LogP contribution in [0.2, 0.25) is 0 Å². The molecule has 5 rings (SSSR count). The first kappa shape index (κ1) is 19.1. The molecule has 154 valence electrons. The summed E-state index contributed by atoms with van der Waals surface area (Å²) in [7, 11) is 0. The van der Waals surface area contributed by atoms with Gasteiger partial charge in [0.25, 0.3) is 0 Å². The number of nitrogens with zero attached hydrogens (tertiary/aromatic N) is 3. The van der Waals surface area contributed by atoms with Gasteiger partial charge in [0.1, 0.15) is 0 Å². The molecule has 1 saturated carbocycles. The topological polar surface area (TPSA) is 42.3 Å². The minimum absolute atomic E-state index is 0.0577. The minimum Gasteiger partial charge on any atom is -0.376 e. The van der Waals surface area contributed by atoms with Gasteiger partial charge in [-0.1, -0.05) is 25.3 Å². The fourth-order valence-electron chi connectivity index (χ4n) is 5.28. The van der Waals surface area contributed by atoms with Crippen LogP contribution in [0.3, 0.4) is 0 Å². The highest BCUT2D eigenvalue weighted by molar-refractivity contribution is 7.80. The fraction of sp³-hybridized carbons (Fsp3) is 0.565. The van der Waals surface area contributed by atoms with Crippen LogP contribution in [0.4, 0.5) is 0 Å². The van der Waals surface area contributed by atoms with Crippen LogP contribution in [0, 0.1) is 0 Å². The monoisotopic (exact) mass is 410 g/mol. The van der Waals surface area contributed by atoms with Crippen molar-refractivity contribution in [2.75, 3.05) is 13.2 Å². The van der Waals surface area contributed by atoms with E-state index in [9.17, 15) is 0 Å². The maximum absolute atomic E-state index is 5.96. The van der Waals surface area contributed by atoms with Crippen molar-refractivity contribution in [3.05, 3.63) is 54.1 Å². The Morgan fingerprint density at radius 1 is 1.07 bits per heavy atom. The van der Waals surface area contributed by atoms with Gasteiger partial charge in [-0.2, -0.15) is 0 Å². The minimum atomic E-state index is 0.0577. The molecule has 0 radical (unpaired) electrons. The number of thiocarbonyl (C=S) groups is 1. The summed E-state index contributed by atoms with van der Waals surface area (Å²) in [5.74, 6) is 0. The van der Waals surface area contributed by atoms with E-state index >= 15 is 0 Å². The summed E-state index contributed by atoms with van der Waals surface area (Å²) in [6.07, 6.45) is 13.2. The molecule has 0 amide bonds. The molecule has 29 heavy (non-hydrogen) atoms. The summed E-state index contributed by atoms with van der Waals surface area (Å²) in [6, 6.07) is 11.4. The molecule has 6 heteroatoms. The first-order valence-electron chi connectivity index (χ1n) is 11.1. The lowest BCUT2D eigenvalue weighted by Crippen LogP contribution is -2.37. The summed E-state index contributed by atoms with van der Waals surface area (Å²) in [5.41, 5.74) is 2.39. The van der Waals surface area contributed by atoms with Crippen molar-refractivity contribution < 1.29 is 4.74 Å². The average Bonchev–Trinajstić information content (AvgIpc) is 3.51.